The fraction of sp³-hybridized carbons (Fsp3) is 0.500. The number of amides is 2. The van der Waals surface area contributed by atoms with Crippen molar-refractivity contribution in [3.8, 4) is 0 Å². The first kappa shape index (κ1) is 14.1. The fourth-order valence-electron chi connectivity index (χ4n) is 2.95. The average Bonchev–Trinajstić information content (AvgIpc) is 3.15. The van der Waals surface area contributed by atoms with Crippen LogP contribution in [0.2, 0.25) is 0 Å². The molecule has 1 aromatic rings. The number of nitrogens with one attached hydrogen (secondary N) is 1. The SMILES string of the molecule is C[C@@H](NC(=O)C1CCCO1)C(=O)N1CCc2ccccc21. The van der Waals surface area contributed by atoms with E-state index in [9.17, 15) is 9.59 Å². The molecule has 1 saturated heterocycles. The van der Waals surface area contributed by atoms with Gasteiger partial charge in [0.05, 0.1) is 0 Å². The standard InChI is InChI=1S/C16H20N2O3/c1-11(17-15(19)14-7-4-10-21-14)16(20)18-9-8-12-5-2-3-6-13(12)18/h2-3,5-6,11,14H,4,7-10H2,1H3,(H,17,19)/t11-,14?/m1/s1. The van der Waals surface area contributed by atoms with E-state index in [0.29, 0.717) is 13.2 Å². The van der Waals surface area contributed by atoms with Gasteiger partial charge in [0.2, 0.25) is 11.8 Å². The summed E-state index contributed by atoms with van der Waals surface area (Å²) in [6, 6.07) is 7.37. The maximum atomic E-state index is 12.5. The third kappa shape index (κ3) is 2.78. The van der Waals surface area contributed by atoms with Crippen molar-refractivity contribution in [2.45, 2.75) is 38.3 Å². The molecule has 2 heterocycles. The average molecular weight is 288 g/mol. The minimum absolute atomic E-state index is 0.0636. The highest BCUT2D eigenvalue weighted by atomic mass is 16.5. The number of para-hydroxylation sites is 1. The fourth-order valence-corrected chi connectivity index (χ4v) is 2.95. The highest BCUT2D eigenvalue weighted by Gasteiger charge is 2.31. The molecule has 21 heavy (non-hydrogen) atoms. The molecule has 0 spiro atoms. The lowest BCUT2D eigenvalue weighted by Crippen LogP contribution is -2.49. The molecule has 1 unspecified atom stereocenters. The normalized spacial score (nSPS) is 22.0. The molecule has 5 heteroatoms. The largest absolute Gasteiger partial charge is 0.368 e. The Morgan fingerprint density at radius 2 is 2.19 bits per heavy atom. The van der Waals surface area contributed by atoms with Crippen LogP contribution < -0.4 is 10.2 Å². The number of carbonyl (C=O) groups excluding carboxylic acids is 2. The molecule has 0 aromatic heterocycles. The molecule has 1 fully saturated rings. The van der Waals surface area contributed by atoms with E-state index in [-0.39, 0.29) is 11.8 Å². The Balaban J connectivity index is 1.64. The minimum Gasteiger partial charge on any atom is -0.368 e. The summed E-state index contributed by atoms with van der Waals surface area (Å²) in [5.41, 5.74) is 2.14. The van der Waals surface area contributed by atoms with Crippen molar-refractivity contribution in [1.82, 2.24) is 5.32 Å². The van der Waals surface area contributed by atoms with Gasteiger partial charge in [-0.05, 0) is 37.8 Å². The van der Waals surface area contributed by atoms with Crippen molar-refractivity contribution >= 4 is 17.5 Å². The summed E-state index contributed by atoms with van der Waals surface area (Å²) in [6.45, 7) is 3.04. The number of fused-ring (bicyclic) bond motifs is 1. The van der Waals surface area contributed by atoms with E-state index in [2.05, 4.69) is 5.32 Å². The maximum absolute atomic E-state index is 12.5. The lowest BCUT2D eigenvalue weighted by Gasteiger charge is -2.23. The molecule has 5 nitrogen and oxygen atoms in total. The predicted molar refractivity (Wildman–Crippen MR) is 79.1 cm³/mol. The Bertz CT molecular complexity index is 552. The summed E-state index contributed by atoms with van der Waals surface area (Å²) in [7, 11) is 0. The molecule has 2 amide bonds. The number of benzene rings is 1. The number of hydrogen-bond donors (Lipinski definition) is 1. The van der Waals surface area contributed by atoms with Gasteiger partial charge in [-0.1, -0.05) is 18.2 Å². The third-order valence-corrected chi connectivity index (χ3v) is 4.10. The van der Waals surface area contributed by atoms with E-state index < -0.39 is 12.1 Å². The van der Waals surface area contributed by atoms with Gasteiger partial charge in [0.15, 0.2) is 0 Å². The maximum Gasteiger partial charge on any atom is 0.249 e. The first-order valence-corrected chi connectivity index (χ1v) is 7.48. The van der Waals surface area contributed by atoms with E-state index in [1.165, 1.54) is 5.56 Å². The third-order valence-electron chi connectivity index (χ3n) is 4.10. The molecule has 1 aromatic carbocycles. The van der Waals surface area contributed by atoms with Crippen LogP contribution in [0.5, 0.6) is 0 Å². The van der Waals surface area contributed by atoms with Gasteiger partial charge in [0.25, 0.3) is 0 Å². The monoisotopic (exact) mass is 288 g/mol. The Morgan fingerprint density at radius 3 is 2.95 bits per heavy atom. The highest BCUT2D eigenvalue weighted by molar-refractivity contribution is 6.00. The van der Waals surface area contributed by atoms with Gasteiger partial charge < -0.3 is 15.0 Å². The van der Waals surface area contributed by atoms with Gasteiger partial charge in [-0.25, -0.2) is 0 Å². The number of ether oxygens (including phenoxy) is 1. The molecule has 3 rings (SSSR count). The molecule has 0 bridgehead atoms. The quantitative estimate of drug-likeness (QED) is 0.911. The van der Waals surface area contributed by atoms with Crippen LogP contribution in [0.15, 0.2) is 24.3 Å². The molecule has 112 valence electrons. The number of rotatable bonds is 3. The van der Waals surface area contributed by atoms with Crippen LogP contribution in [0.1, 0.15) is 25.3 Å². The second kappa shape index (κ2) is 5.85. The van der Waals surface area contributed by atoms with Gasteiger partial charge in [0, 0.05) is 18.8 Å². The van der Waals surface area contributed by atoms with Crippen molar-refractivity contribution in [1.29, 1.82) is 0 Å². The molecular formula is C16H20N2O3. The molecule has 2 atom stereocenters. The molecule has 2 aliphatic heterocycles. The zero-order chi connectivity index (χ0) is 14.8. The van der Waals surface area contributed by atoms with Crippen LogP contribution in [-0.4, -0.2) is 37.1 Å². The summed E-state index contributed by atoms with van der Waals surface area (Å²) in [5, 5.41) is 2.77. The van der Waals surface area contributed by atoms with Crippen molar-refractivity contribution in [3.63, 3.8) is 0 Å². The Hall–Kier alpha value is -1.88. The molecular weight excluding hydrogens is 268 g/mol. The lowest BCUT2D eigenvalue weighted by molar-refractivity contribution is -0.133. The van der Waals surface area contributed by atoms with Gasteiger partial charge in [-0.15, -0.1) is 0 Å². The van der Waals surface area contributed by atoms with Crippen LogP contribution in [0.25, 0.3) is 0 Å². The second-order valence-electron chi connectivity index (χ2n) is 5.60. The molecule has 1 N–H and O–H groups in total. The Kier molecular flexibility index (Phi) is 3.92. The number of anilines is 1. The van der Waals surface area contributed by atoms with E-state index >= 15 is 0 Å². The molecule has 0 radical (unpaired) electrons. The van der Waals surface area contributed by atoms with E-state index in [1.54, 1.807) is 11.8 Å². The van der Waals surface area contributed by atoms with E-state index in [0.717, 1.165) is 24.9 Å². The lowest BCUT2D eigenvalue weighted by atomic mass is 10.2. The van der Waals surface area contributed by atoms with Crippen LogP contribution in [0, 0.1) is 0 Å². The Morgan fingerprint density at radius 1 is 1.38 bits per heavy atom. The minimum atomic E-state index is -0.534. The molecule has 0 saturated carbocycles. The van der Waals surface area contributed by atoms with Gasteiger partial charge in [0.1, 0.15) is 12.1 Å². The van der Waals surface area contributed by atoms with Crippen LogP contribution in [0.3, 0.4) is 0 Å². The first-order valence-electron chi connectivity index (χ1n) is 7.48. The summed E-state index contributed by atoms with van der Waals surface area (Å²) in [5.74, 6) is -0.243. The molecule has 0 aliphatic carbocycles. The first-order chi connectivity index (χ1) is 10.2. The number of hydrogen-bond acceptors (Lipinski definition) is 3. The summed E-state index contributed by atoms with van der Waals surface area (Å²) >= 11 is 0. The van der Waals surface area contributed by atoms with Crippen molar-refractivity contribution in [3.05, 3.63) is 29.8 Å². The summed E-state index contributed by atoms with van der Waals surface area (Å²) in [6.07, 6.45) is 2.11. The van der Waals surface area contributed by atoms with Crippen LogP contribution in [0.4, 0.5) is 5.69 Å². The van der Waals surface area contributed by atoms with Gasteiger partial charge in [-0.2, -0.15) is 0 Å². The summed E-state index contributed by atoms with van der Waals surface area (Å²) in [4.78, 5) is 26.3. The highest BCUT2D eigenvalue weighted by Crippen LogP contribution is 2.27. The van der Waals surface area contributed by atoms with E-state index in [4.69, 9.17) is 4.74 Å². The van der Waals surface area contributed by atoms with E-state index in [1.807, 2.05) is 24.3 Å². The molecule has 2 aliphatic rings. The number of nitrogens with zero attached hydrogens (tertiary/aromatic N) is 1. The zero-order valence-corrected chi connectivity index (χ0v) is 12.2. The van der Waals surface area contributed by atoms with Crippen LogP contribution in [-0.2, 0) is 20.7 Å². The zero-order valence-electron chi connectivity index (χ0n) is 12.2. The van der Waals surface area contributed by atoms with Crippen molar-refractivity contribution in [2.75, 3.05) is 18.1 Å². The van der Waals surface area contributed by atoms with Crippen LogP contribution >= 0.6 is 0 Å². The second-order valence-corrected chi connectivity index (χ2v) is 5.60. The van der Waals surface area contributed by atoms with Crippen molar-refractivity contribution in [2.24, 2.45) is 0 Å². The van der Waals surface area contributed by atoms with Gasteiger partial charge >= 0.3 is 0 Å². The summed E-state index contributed by atoms with van der Waals surface area (Å²) < 4.78 is 5.34. The number of carbonyl (C=O) groups is 2. The Labute approximate surface area is 124 Å². The topological polar surface area (TPSA) is 58.6 Å². The van der Waals surface area contributed by atoms with Gasteiger partial charge in [-0.3, -0.25) is 9.59 Å². The smallest absolute Gasteiger partial charge is 0.249 e. The van der Waals surface area contributed by atoms with Crippen molar-refractivity contribution < 1.29 is 14.3 Å². The predicted octanol–water partition coefficient (Wildman–Crippen LogP) is 1.26.